The maximum absolute atomic E-state index is 11.8. The van der Waals surface area contributed by atoms with Crippen LogP contribution in [0.25, 0.3) is 0 Å². The largest absolute Gasteiger partial charge is 0.484 e. The average Bonchev–Trinajstić information content (AvgIpc) is 2.92. The predicted molar refractivity (Wildman–Crippen MR) is 83.8 cm³/mol. The van der Waals surface area contributed by atoms with E-state index in [1.165, 1.54) is 11.3 Å². The third-order valence-electron chi connectivity index (χ3n) is 2.85. The Kier molecular flexibility index (Phi) is 5.68. The first-order valence-corrected chi connectivity index (χ1v) is 7.80. The lowest BCUT2D eigenvalue weighted by Crippen LogP contribution is -2.20. The van der Waals surface area contributed by atoms with Crippen molar-refractivity contribution in [3.63, 3.8) is 0 Å². The van der Waals surface area contributed by atoms with Crippen LogP contribution in [0.15, 0.2) is 24.3 Å². The van der Waals surface area contributed by atoms with Crippen LogP contribution in [-0.4, -0.2) is 22.7 Å². The number of anilines is 1. The second kappa shape index (κ2) is 7.73. The second-order valence-corrected chi connectivity index (χ2v) is 5.82. The van der Waals surface area contributed by atoms with Crippen LogP contribution in [0.2, 0.25) is 0 Å². The van der Waals surface area contributed by atoms with E-state index in [1.807, 2.05) is 31.2 Å². The Labute approximate surface area is 128 Å². The molecule has 0 aliphatic heterocycles. The molecular formula is C15H19N3O2S. The normalized spacial score (nSPS) is 10.4. The third kappa shape index (κ3) is 5.15. The number of carbonyl (C=O) groups is 1. The summed E-state index contributed by atoms with van der Waals surface area (Å²) in [6.07, 6.45) is 3.11. The minimum atomic E-state index is -0.228. The van der Waals surface area contributed by atoms with Crippen LogP contribution in [0.4, 0.5) is 5.13 Å². The topological polar surface area (TPSA) is 64.1 Å². The molecule has 112 valence electrons. The van der Waals surface area contributed by atoms with Gasteiger partial charge in [-0.05, 0) is 25.5 Å². The van der Waals surface area contributed by atoms with Gasteiger partial charge in [0.1, 0.15) is 10.8 Å². The molecule has 1 aromatic heterocycles. The van der Waals surface area contributed by atoms with Crippen LogP contribution in [0.5, 0.6) is 5.75 Å². The first-order chi connectivity index (χ1) is 10.2. The van der Waals surface area contributed by atoms with E-state index in [2.05, 4.69) is 22.4 Å². The number of ether oxygens (including phenoxy) is 1. The summed E-state index contributed by atoms with van der Waals surface area (Å²) in [6, 6.07) is 7.57. The highest BCUT2D eigenvalue weighted by Gasteiger charge is 2.08. The summed E-state index contributed by atoms with van der Waals surface area (Å²) < 4.78 is 5.41. The Morgan fingerprint density at radius 2 is 2.05 bits per heavy atom. The molecule has 0 saturated heterocycles. The molecule has 0 unspecified atom stereocenters. The van der Waals surface area contributed by atoms with Crippen molar-refractivity contribution in [1.82, 2.24) is 10.2 Å². The van der Waals surface area contributed by atoms with Gasteiger partial charge in [-0.15, -0.1) is 10.2 Å². The number of nitrogens with one attached hydrogen (secondary N) is 1. The van der Waals surface area contributed by atoms with Crippen molar-refractivity contribution in [1.29, 1.82) is 0 Å². The van der Waals surface area contributed by atoms with Gasteiger partial charge in [0.05, 0.1) is 0 Å². The van der Waals surface area contributed by atoms with Gasteiger partial charge in [0.15, 0.2) is 6.61 Å². The van der Waals surface area contributed by atoms with Crippen LogP contribution in [0, 0.1) is 6.92 Å². The predicted octanol–water partition coefficient (Wildman–Crippen LogP) is 3.21. The number of benzene rings is 1. The summed E-state index contributed by atoms with van der Waals surface area (Å²) in [6.45, 7) is 4.10. The summed E-state index contributed by atoms with van der Waals surface area (Å²) in [5, 5.41) is 12.2. The van der Waals surface area contributed by atoms with Crippen molar-refractivity contribution in [3.8, 4) is 5.75 Å². The number of aryl methyl sites for hydroxylation is 2. The summed E-state index contributed by atoms with van der Waals surface area (Å²) in [7, 11) is 0. The van der Waals surface area contributed by atoms with E-state index < -0.39 is 0 Å². The van der Waals surface area contributed by atoms with Gasteiger partial charge >= 0.3 is 0 Å². The van der Waals surface area contributed by atoms with Crippen LogP contribution in [0.3, 0.4) is 0 Å². The fourth-order valence-electron chi connectivity index (χ4n) is 1.67. The quantitative estimate of drug-likeness (QED) is 0.853. The molecule has 1 aromatic carbocycles. The molecule has 0 saturated carbocycles. The molecule has 0 aliphatic rings. The number of aromatic nitrogens is 2. The molecule has 21 heavy (non-hydrogen) atoms. The highest BCUT2D eigenvalue weighted by molar-refractivity contribution is 7.15. The van der Waals surface area contributed by atoms with Crippen LogP contribution in [0.1, 0.15) is 30.3 Å². The third-order valence-corrected chi connectivity index (χ3v) is 3.75. The Balaban J connectivity index is 1.78. The van der Waals surface area contributed by atoms with Gasteiger partial charge in [-0.1, -0.05) is 42.4 Å². The monoisotopic (exact) mass is 305 g/mol. The molecule has 0 atom stereocenters. The van der Waals surface area contributed by atoms with E-state index in [0.29, 0.717) is 10.9 Å². The lowest BCUT2D eigenvalue weighted by Gasteiger charge is -2.05. The van der Waals surface area contributed by atoms with E-state index in [0.717, 1.165) is 29.8 Å². The van der Waals surface area contributed by atoms with Crippen LogP contribution >= 0.6 is 11.3 Å². The summed E-state index contributed by atoms with van der Waals surface area (Å²) in [5.74, 6) is 0.449. The summed E-state index contributed by atoms with van der Waals surface area (Å²) >= 11 is 1.42. The highest BCUT2D eigenvalue weighted by atomic mass is 32.1. The van der Waals surface area contributed by atoms with Crippen LogP contribution < -0.4 is 10.1 Å². The van der Waals surface area contributed by atoms with Gasteiger partial charge < -0.3 is 4.74 Å². The zero-order valence-corrected chi connectivity index (χ0v) is 13.1. The minimum Gasteiger partial charge on any atom is -0.484 e. The number of unbranched alkanes of at least 4 members (excludes halogenated alkanes) is 1. The number of nitrogens with zero attached hydrogens (tertiary/aromatic N) is 2. The molecule has 1 N–H and O–H groups in total. The Bertz CT molecular complexity index is 581. The maximum Gasteiger partial charge on any atom is 0.264 e. The number of amides is 1. The number of hydrogen-bond acceptors (Lipinski definition) is 5. The Morgan fingerprint density at radius 1 is 1.29 bits per heavy atom. The highest BCUT2D eigenvalue weighted by Crippen LogP contribution is 2.17. The smallest absolute Gasteiger partial charge is 0.264 e. The fourth-order valence-corrected chi connectivity index (χ4v) is 2.47. The molecule has 2 aromatic rings. The molecule has 6 heteroatoms. The molecule has 0 bridgehead atoms. The van der Waals surface area contributed by atoms with E-state index in [9.17, 15) is 4.79 Å². The van der Waals surface area contributed by atoms with Gasteiger partial charge in [0.2, 0.25) is 5.13 Å². The minimum absolute atomic E-state index is 0.0348. The Hall–Kier alpha value is -1.95. The average molecular weight is 305 g/mol. The van der Waals surface area contributed by atoms with E-state index in [-0.39, 0.29) is 12.5 Å². The van der Waals surface area contributed by atoms with Crippen molar-refractivity contribution in [3.05, 3.63) is 34.8 Å². The molecular weight excluding hydrogens is 286 g/mol. The molecule has 0 spiro atoms. The first kappa shape index (κ1) is 15.4. The van der Waals surface area contributed by atoms with Crippen LogP contribution in [-0.2, 0) is 11.2 Å². The zero-order valence-electron chi connectivity index (χ0n) is 12.3. The molecule has 2 rings (SSSR count). The fraction of sp³-hybridized carbons (Fsp3) is 0.400. The second-order valence-electron chi connectivity index (χ2n) is 4.75. The zero-order chi connectivity index (χ0) is 15.1. The number of rotatable bonds is 7. The maximum atomic E-state index is 11.8. The van der Waals surface area contributed by atoms with Crippen molar-refractivity contribution >= 4 is 22.4 Å². The molecule has 0 radical (unpaired) electrons. The van der Waals surface area contributed by atoms with Gasteiger partial charge in [-0.3, -0.25) is 10.1 Å². The summed E-state index contributed by atoms with van der Waals surface area (Å²) in [4.78, 5) is 11.8. The summed E-state index contributed by atoms with van der Waals surface area (Å²) in [5.41, 5.74) is 1.15. The number of carbonyl (C=O) groups excluding carboxylic acids is 1. The van der Waals surface area contributed by atoms with Gasteiger partial charge in [0.25, 0.3) is 5.91 Å². The molecule has 5 nitrogen and oxygen atoms in total. The lowest BCUT2D eigenvalue weighted by atomic mass is 10.2. The molecule has 0 fully saturated rings. The lowest BCUT2D eigenvalue weighted by molar-refractivity contribution is -0.118. The van der Waals surface area contributed by atoms with E-state index in [4.69, 9.17) is 4.74 Å². The standard InChI is InChI=1S/C15H19N3O2S/c1-3-4-5-14-17-18-15(21-14)16-13(19)10-20-12-8-6-11(2)7-9-12/h6-9H,3-5,10H2,1-2H3,(H,16,18,19). The van der Waals surface area contributed by atoms with Gasteiger partial charge in [-0.2, -0.15) is 0 Å². The van der Waals surface area contributed by atoms with Gasteiger partial charge in [0, 0.05) is 6.42 Å². The van der Waals surface area contributed by atoms with E-state index in [1.54, 1.807) is 0 Å². The SMILES string of the molecule is CCCCc1nnc(NC(=O)COc2ccc(C)cc2)s1. The first-order valence-electron chi connectivity index (χ1n) is 6.99. The molecule has 1 amide bonds. The van der Waals surface area contributed by atoms with Gasteiger partial charge in [-0.25, -0.2) is 0 Å². The molecule has 1 heterocycles. The van der Waals surface area contributed by atoms with Crippen molar-refractivity contribution in [2.24, 2.45) is 0 Å². The number of hydrogen-bond donors (Lipinski definition) is 1. The molecule has 0 aliphatic carbocycles. The Morgan fingerprint density at radius 3 is 2.76 bits per heavy atom. The van der Waals surface area contributed by atoms with Crippen molar-refractivity contribution < 1.29 is 9.53 Å². The van der Waals surface area contributed by atoms with Crippen molar-refractivity contribution in [2.45, 2.75) is 33.1 Å². The van der Waals surface area contributed by atoms with Crippen molar-refractivity contribution in [2.75, 3.05) is 11.9 Å². The van der Waals surface area contributed by atoms with E-state index >= 15 is 0 Å².